The Morgan fingerprint density at radius 1 is 0.750 bits per heavy atom. The molecule has 0 fully saturated rings. The third-order valence-corrected chi connectivity index (χ3v) is 2.81. The van der Waals surface area contributed by atoms with E-state index in [9.17, 15) is 10.2 Å². The molecule has 0 aliphatic carbocycles. The lowest BCUT2D eigenvalue weighted by Crippen LogP contribution is -1.96. The molecule has 0 atom stereocenters. The van der Waals surface area contributed by atoms with E-state index in [4.69, 9.17) is 0 Å². The first-order valence-corrected chi connectivity index (χ1v) is 5.26. The van der Waals surface area contributed by atoms with Crippen molar-refractivity contribution in [3.05, 3.63) is 59.7 Å². The van der Waals surface area contributed by atoms with Crippen molar-refractivity contribution in [2.75, 3.05) is 0 Å². The highest BCUT2D eigenvalue weighted by Gasteiger charge is 2.14. The molecule has 0 heterocycles. The molecule has 0 unspecified atom stereocenters. The molecule has 16 heavy (non-hydrogen) atoms. The summed E-state index contributed by atoms with van der Waals surface area (Å²) in [4.78, 5) is 0. The van der Waals surface area contributed by atoms with Crippen molar-refractivity contribution in [1.29, 1.82) is 0 Å². The number of aromatic hydroxyl groups is 2. The number of benzene rings is 2. The van der Waals surface area contributed by atoms with Crippen molar-refractivity contribution in [3.8, 4) is 11.5 Å². The Hall–Kier alpha value is -1.96. The maximum absolute atomic E-state index is 9.75. The number of phenols is 2. The van der Waals surface area contributed by atoms with Crippen LogP contribution in [0.3, 0.4) is 0 Å². The SMILES string of the molecule is CC(c1ccccc1O)c1ccccc1O. The van der Waals surface area contributed by atoms with Crippen LogP contribution in [0.25, 0.3) is 0 Å². The molecule has 2 N–H and O–H groups in total. The predicted molar refractivity (Wildman–Crippen MR) is 63.7 cm³/mol. The molecular formula is C14H14O2. The highest BCUT2D eigenvalue weighted by molar-refractivity contribution is 5.45. The van der Waals surface area contributed by atoms with Gasteiger partial charge in [-0.1, -0.05) is 43.3 Å². The lowest BCUT2D eigenvalue weighted by Gasteiger charge is -2.15. The van der Waals surface area contributed by atoms with E-state index in [-0.39, 0.29) is 17.4 Å². The number of phenolic OH excluding ortho intramolecular Hbond substituents is 2. The third-order valence-electron chi connectivity index (χ3n) is 2.81. The molecule has 2 aromatic rings. The zero-order valence-electron chi connectivity index (χ0n) is 9.09. The second kappa shape index (κ2) is 4.27. The molecule has 0 aliphatic heterocycles. The van der Waals surface area contributed by atoms with Gasteiger partial charge in [-0.25, -0.2) is 0 Å². The van der Waals surface area contributed by atoms with Crippen molar-refractivity contribution in [2.24, 2.45) is 0 Å². The Bertz CT molecular complexity index is 446. The van der Waals surface area contributed by atoms with Crippen LogP contribution in [0.5, 0.6) is 11.5 Å². The van der Waals surface area contributed by atoms with Crippen LogP contribution in [0.2, 0.25) is 0 Å². The molecule has 0 radical (unpaired) electrons. The van der Waals surface area contributed by atoms with Crippen molar-refractivity contribution in [3.63, 3.8) is 0 Å². The quantitative estimate of drug-likeness (QED) is 0.805. The molecule has 82 valence electrons. The van der Waals surface area contributed by atoms with E-state index in [0.29, 0.717) is 0 Å². The molecule has 2 heteroatoms. The van der Waals surface area contributed by atoms with Crippen LogP contribution in [-0.4, -0.2) is 10.2 Å². The number of para-hydroxylation sites is 2. The predicted octanol–water partition coefficient (Wildman–Crippen LogP) is 3.25. The van der Waals surface area contributed by atoms with E-state index in [1.54, 1.807) is 24.3 Å². The lowest BCUT2D eigenvalue weighted by atomic mass is 9.92. The van der Waals surface area contributed by atoms with Crippen molar-refractivity contribution in [2.45, 2.75) is 12.8 Å². The second-order valence-corrected chi connectivity index (χ2v) is 3.84. The maximum Gasteiger partial charge on any atom is 0.119 e. The minimum atomic E-state index is -0.0256. The first kappa shape index (κ1) is 10.6. The average molecular weight is 214 g/mol. The summed E-state index contributed by atoms with van der Waals surface area (Å²) < 4.78 is 0. The van der Waals surface area contributed by atoms with Gasteiger partial charge in [0.1, 0.15) is 11.5 Å². The second-order valence-electron chi connectivity index (χ2n) is 3.84. The fourth-order valence-corrected chi connectivity index (χ4v) is 1.87. The van der Waals surface area contributed by atoms with Crippen molar-refractivity contribution < 1.29 is 10.2 Å². The van der Waals surface area contributed by atoms with Gasteiger partial charge in [0.05, 0.1) is 0 Å². The monoisotopic (exact) mass is 214 g/mol. The van der Waals surface area contributed by atoms with Gasteiger partial charge in [-0.3, -0.25) is 0 Å². The molecule has 0 aliphatic rings. The first-order chi connectivity index (χ1) is 7.70. The Morgan fingerprint density at radius 2 is 1.12 bits per heavy atom. The summed E-state index contributed by atoms with van der Waals surface area (Å²) in [7, 11) is 0. The minimum Gasteiger partial charge on any atom is -0.508 e. The zero-order chi connectivity index (χ0) is 11.5. The highest BCUT2D eigenvalue weighted by atomic mass is 16.3. The number of hydrogen-bond acceptors (Lipinski definition) is 2. The van der Waals surface area contributed by atoms with Crippen LogP contribution in [0.1, 0.15) is 24.0 Å². The summed E-state index contributed by atoms with van der Waals surface area (Å²) in [6.45, 7) is 1.96. The zero-order valence-corrected chi connectivity index (χ0v) is 9.09. The van der Waals surface area contributed by atoms with Gasteiger partial charge in [0.25, 0.3) is 0 Å². The molecule has 2 aromatic carbocycles. The van der Waals surface area contributed by atoms with E-state index in [1.165, 1.54) is 0 Å². The number of hydrogen-bond donors (Lipinski definition) is 2. The summed E-state index contributed by atoms with van der Waals surface area (Å²) in [6.07, 6.45) is 0. The molecule has 0 amide bonds. The van der Waals surface area contributed by atoms with E-state index < -0.39 is 0 Å². The van der Waals surface area contributed by atoms with Crippen LogP contribution in [0.4, 0.5) is 0 Å². The summed E-state index contributed by atoms with van der Waals surface area (Å²) in [5.74, 6) is 0.499. The molecule has 2 rings (SSSR count). The van der Waals surface area contributed by atoms with Gasteiger partial charge in [-0.05, 0) is 12.1 Å². The summed E-state index contributed by atoms with van der Waals surface area (Å²) in [5, 5.41) is 19.5. The summed E-state index contributed by atoms with van der Waals surface area (Å²) >= 11 is 0. The Balaban J connectivity index is 2.44. The molecule has 0 aromatic heterocycles. The Kier molecular flexibility index (Phi) is 2.82. The van der Waals surface area contributed by atoms with Crippen LogP contribution in [0, 0.1) is 0 Å². The lowest BCUT2D eigenvalue weighted by molar-refractivity contribution is 0.457. The molecule has 2 nitrogen and oxygen atoms in total. The Labute approximate surface area is 94.8 Å². The summed E-state index contributed by atoms with van der Waals surface area (Å²) in [5.41, 5.74) is 1.65. The van der Waals surface area contributed by atoms with E-state index in [1.807, 2.05) is 31.2 Å². The van der Waals surface area contributed by atoms with Crippen molar-refractivity contribution >= 4 is 0 Å². The minimum absolute atomic E-state index is 0.0256. The van der Waals surface area contributed by atoms with Gasteiger partial charge in [0.2, 0.25) is 0 Å². The topological polar surface area (TPSA) is 40.5 Å². The fraction of sp³-hybridized carbons (Fsp3) is 0.143. The third kappa shape index (κ3) is 1.87. The fourth-order valence-electron chi connectivity index (χ4n) is 1.87. The van der Waals surface area contributed by atoms with Crippen molar-refractivity contribution in [1.82, 2.24) is 0 Å². The van der Waals surface area contributed by atoms with E-state index in [2.05, 4.69) is 0 Å². The van der Waals surface area contributed by atoms with Crippen LogP contribution < -0.4 is 0 Å². The first-order valence-electron chi connectivity index (χ1n) is 5.26. The standard InChI is InChI=1S/C14H14O2/c1-10(11-6-2-4-8-13(11)15)12-7-3-5-9-14(12)16/h2-10,15-16H,1H3. The van der Waals surface area contributed by atoms with Gasteiger partial charge < -0.3 is 10.2 Å². The van der Waals surface area contributed by atoms with Crippen LogP contribution in [-0.2, 0) is 0 Å². The molecule has 0 saturated heterocycles. The van der Waals surface area contributed by atoms with Gasteiger partial charge in [-0.2, -0.15) is 0 Å². The Morgan fingerprint density at radius 3 is 1.50 bits per heavy atom. The highest BCUT2D eigenvalue weighted by Crippen LogP contribution is 2.34. The number of rotatable bonds is 2. The van der Waals surface area contributed by atoms with Gasteiger partial charge in [0, 0.05) is 17.0 Å². The van der Waals surface area contributed by atoms with Gasteiger partial charge in [-0.15, -0.1) is 0 Å². The van der Waals surface area contributed by atoms with E-state index in [0.717, 1.165) is 11.1 Å². The van der Waals surface area contributed by atoms with E-state index >= 15 is 0 Å². The van der Waals surface area contributed by atoms with Crippen LogP contribution in [0.15, 0.2) is 48.5 Å². The molecular weight excluding hydrogens is 200 g/mol. The smallest absolute Gasteiger partial charge is 0.119 e. The van der Waals surface area contributed by atoms with Gasteiger partial charge >= 0.3 is 0 Å². The molecule has 0 bridgehead atoms. The average Bonchev–Trinajstić information content (AvgIpc) is 2.29. The molecule has 0 spiro atoms. The van der Waals surface area contributed by atoms with Crippen LogP contribution >= 0.6 is 0 Å². The maximum atomic E-state index is 9.75. The summed E-state index contributed by atoms with van der Waals surface area (Å²) in [6, 6.07) is 14.4. The molecule has 0 saturated carbocycles. The normalized spacial score (nSPS) is 10.6. The van der Waals surface area contributed by atoms with Gasteiger partial charge in [0.15, 0.2) is 0 Å². The largest absolute Gasteiger partial charge is 0.508 e.